The Kier molecular flexibility index (Phi) is 3.01. The van der Waals surface area contributed by atoms with Crippen LogP contribution < -0.4 is 0 Å². The van der Waals surface area contributed by atoms with Crippen molar-refractivity contribution < 1.29 is 0 Å². The van der Waals surface area contributed by atoms with Gasteiger partial charge in [0.15, 0.2) is 5.82 Å². The maximum atomic E-state index is 4.70. The average molecular weight is 266 g/mol. The fourth-order valence-electron chi connectivity index (χ4n) is 2.22. The first-order valence-corrected chi connectivity index (χ1v) is 6.85. The Balaban J connectivity index is 2.15. The van der Waals surface area contributed by atoms with Crippen molar-refractivity contribution in [2.24, 2.45) is 0 Å². The van der Waals surface area contributed by atoms with Gasteiger partial charge < -0.3 is 4.98 Å². The molecule has 0 amide bonds. The lowest BCUT2D eigenvalue weighted by molar-refractivity contribution is 0.775. The number of rotatable bonds is 2. The van der Waals surface area contributed by atoms with Crippen LogP contribution in [-0.2, 0) is 0 Å². The lowest BCUT2D eigenvalue weighted by Crippen LogP contribution is -1.98. The summed E-state index contributed by atoms with van der Waals surface area (Å²) < 4.78 is 0. The first-order valence-electron chi connectivity index (χ1n) is 6.85. The molecule has 4 heteroatoms. The second-order valence-electron chi connectivity index (χ2n) is 5.44. The van der Waals surface area contributed by atoms with E-state index < -0.39 is 0 Å². The Morgan fingerprint density at radius 3 is 2.60 bits per heavy atom. The van der Waals surface area contributed by atoms with Crippen LogP contribution in [0.5, 0.6) is 0 Å². The average Bonchev–Trinajstić information content (AvgIpc) is 2.88. The van der Waals surface area contributed by atoms with Crippen molar-refractivity contribution in [1.82, 2.24) is 19.9 Å². The SMILES string of the molecule is Cc1ccc2[nH]c(-c3ccnc(C(C)C)n3)nc2c1C. The van der Waals surface area contributed by atoms with E-state index in [-0.39, 0.29) is 0 Å². The Hall–Kier alpha value is -2.23. The van der Waals surface area contributed by atoms with Crippen molar-refractivity contribution in [2.75, 3.05) is 0 Å². The van der Waals surface area contributed by atoms with Gasteiger partial charge in [-0.25, -0.2) is 15.0 Å². The van der Waals surface area contributed by atoms with E-state index in [1.165, 1.54) is 11.1 Å². The van der Waals surface area contributed by atoms with Gasteiger partial charge in [-0.15, -0.1) is 0 Å². The molecule has 0 spiro atoms. The van der Waals surface area contributed by atoms with E-state index in [0.717, 1.165) is 28.4 Å². The second-order valence-corrected chi connectivity index (χ2v) is 5.44. The smallest absolute Gasteiger partial charge is 0.157 e. The number of hydrogen-bond donors (Lipinski definition) is 1. The third-order valence-corrected chi connectivity index (χ3v) is 3.61. The van der Waals surface area contributed by atoms with Crippen LogP contribution in [0.4, 0.5) is 0 Å². The van der Waals surface area contributed by atoms with Crippen LogP contribution in [0.3, 0.4) is 0 Å². The van der Waals surface area contributed by atoms with Gasteiger partial charge in [-0.3, -0.25) is 0 Å². The molecule has 1 aromatic carbocycles. The number of hydrogen-bond acceptors (Lipinski definition) is 3. The molecule has 0 bridgehead atoms. The summed E-state index contributed by atoms with van der Waals surface area (Å²) in [6, 6.07) is 6.07. The van der Waals surface area contributed by atoms with Gasteiger partial charge in [0.05, 0.1) is 11.0 Å². The molecule has 0 radical (unpaired) electrons. The van der Waals surface area contributed by atoms with Crippen LogP contribution in [0, 0.1) is 13.8 Å². The minimum absolute atomic E-state index is 0.309. The quantitative estimate of drug-likeness (QED) is 0.768. The number of aryl methyl sites for hydroxylation is 2. The minimum atomic E-state index is 0.309. The van der Waals surface area contributed by atoms with Crippen molar-refractivity contribution >= 4 is 11.0 Å². The fraction of sp³-hybridized carbons (Fsp3) is 0.312. The minimum Gasteiger partial charge on any atom is -0.337 e. The van der Waals surface area contributed by atoms with Crippen molar-refractivity contribution in [1.29, 1.82) is 0 Å². The van der Waals surface area contributed by atoms with E-state index in [4.69, 9.17) is 4.98 Å². The highest BCUT2D eigenvalue weighted by Gasteiger charge is 2.11. The number of imidazole rings is 1. The van der Waals surface area contributed by atoms with Gasteiger partial charge >= 0.3 is 0 Å². The Morgan fingerprint density at radius 1 is 1.05 bits per heavy atom. The molecule has 0 aliphatic carbocycles. The van der Waals surface area contributed by atoms with Crippen LogP contribution in [-0.4, -0.2) is 19.9 Å². The molecule has 3 aromatic rings. The van der Waals surface area contributed by atoms with Gasteiger partial charge in [0.25, 0.3) is 0 Å². The van der Waals surface area contributed by atoms with E-state index >= 15 is 0 Å². The van der Waals surface area contributed by atoms with E-state index in [9.17, 15) is 0 Å². The zero-order valence-electron chi connectivity index (χ0n) is 12.2. The van der Waals surface area contributed by atoms with Gasteiger partial charge in [-0.05, 0) is 37.1 Å². The molecule has 102 valence electrons. The van der Waals surface area contributed by atoms with Crippen molar-refractivity contribution in [2.45, 2.75) is 33.6 Å². The number of aromatic amines is 1. The first-order chi connectivity index (χ1) is 9.56. The normalized spacial score (nSPS) is 11.4. The molecular weight excluding hydrogens is 248 g/mol. The number of benzene rings is 1. The summed E-state index contributed by atoms with van der Waals surface area (Å²) in [5.41, 5.74) is 5.37. The molecule has 0 unspecified atom stereocenters. The lowest BCUT2D eigenvalue weighted by Gasteiger charge is -2.03. The fourth-order valence-corrected chi connectivity index (χ4v) is 2.22. The van der Waals surface area contributed by atoms with Crippen LogP contribution >= 0.6 is 0 Å². The highest BCUT2D eigenvalue weighted by atomic mass is 15.0. The monoisotopic (exact) mass is 266 g/mol. The van der Waals surface area contributed by atoms with E-state index in [1.54, 1.807) is 6.20 Å². The standard InChI is InChI=1S/C16H18N4/c1-9(2)15-17-8-7-13(19-15)16-18-12-6-5-10(3)11(4)14(12)20-16/h5-9H,1-4H3,(H,18,20). The lowest BCUT2D eigenvalue weighted by atomic mass is 10.1. The predicted octanol–water partition coefficient (Wildman–Crippen LogP) is 3.76. The molecule has 20 heavy (non-hydrogen) atoms. The summed E-state index contributed by atoms with van der Waals surface area (Å²) in [5.74, 6) is 1.96. The van der Waals surface area contributed by atoms with Gasteiger partial charge in [-0.2, -0.15) is 0 Å². The molecule has 0 saturated carbocycles. The maximum Gasteiger partial charge on any atom is 0.157 e. The number of nitrogens with one attached hydrogen (secondary N) is 1. The molecule has 2 aromatic heterocycles. The Bertz CT molecular complexity index is 771. The van der Waals surface area contributed by atoms with E-state index in [0.29, 0.717) is 5.92 Å². The molecule has 1 N–H and O–H groups in total. The largest absolute Gasteiger partial charge is 0.337 e. The number of nitrogens with zero attached hydrogens (tertiary/aromatic N) is 3. The van der Waals surface area contributed by atoms with Crippen LogP contribution in [0.2, 0.25) is 0 Å². The van der Waals surface area contributed by atoms with Gasteiger partial charge in [0.1, 0.15) is 11.5 Å². The third-order valence-electron chi connectivity index (χ3n) is 3.61. The predicted molar refractivity (Wildman–Crippen MR) is 80.7 cm³/mol. The summed E-state index contributed by atoms with van der Waals surface area (Å²) >= 11 is 0. The number of aromatic nitrogens is 4. The van der Waals surface area contributed by atoms with E-state index in [2.05, 4.69) is 54.8 Å². The summed E-state index contributed by atoms with van der Waals surface area (Å²) in [6.07, 6.45) is 1.79. The summed E-state index contributed by atoms with van der Waals surface area (Å²) in [4.78, 5) is 16.9. The Morgan fingerprint density at radius 2 is 1.85 bits per heavy atom. The van der Waals surface area contributed by atoms with Crippen LogP contribution in [0.1, 0.15) is 36.7 Å². The van der Waals surface area contributed by atoms with Crippen molar-refractivity contribution in [3.63, 3.8) is 0 Å². The van der Waals surface area contributed by atoms with Gasteiger partial charge in [-0.1, -0.05) is 19.9 Å². The second kappa shape index (κ2) is 4.71. The third kappa shape index (κ3) is 2.07. The van der Waals surface area contributed by atoms with E-state index in [1.807, 2.05) is 6.07 Å². The highest BCUT2D eigenvalue weighted by Crippen LogP contribution is 2.23. The number of H-pyrrole nitrogens is 1. The van der Waals surface area contributed by atoms with Gasteiger partial charge in [0.2, 0.25) is 0 Å². The summed E-state index contributed by atoms with van der Waals surface area (Å²) in [5, 5.41) is 0. The molecule has 0 saturated heterocycles. The molecule has 0 atom stereocenters. The van der Waals surface area contributed by atoms with Crippen molar-refractivity contribution in [3.05, 3.63) is 41.3 Å². The first kappa shape index (κ1) is 12.8. The summed E-state index contributed by atoms with van der Waals surface area (Å²) in [6.45, 7) is 8.38. The zero-order valence-corrected chi connectivity index (χ0v) is 12.2. The molecule has 0 fully saturated rings. The van der Waals surface area contributed by atoms with Crippen molar-refractivity contribution in [3.8, 4) is 11.5 Å². The molecular formula is C16H18N4. The maximum absolute atomic E-state index is 4.70. The van der Waals surface area contributed by atoms with Crippen LogP contribution in [0.15, 0.2) is 24.4 Å². The zero-order chi connectivity index (χ0) is 14.3. The van der Waals surface area contributed by atoms with Gasteiger partial charge in [0, 0.05) is 12.1 Å². The topological polar surface area (TPSA) is 54.5 Å². The van der Waals surface area contributed by atoms with Crippen LogP contribution in [0.25, 0.3) is 22.6 Å². The molecule has 2 heterocycles. The Labute approximate surface area is 118 Å². The summed E-state index contributed by atoms with van der Waals surface area (Å²) in [7, 11) is 0. The molecule has 3 rings (SSSR count). The highest BCUT2D eigenvalue weighted by molar-refractivity contribution is 5.82. The molecule has 0 aliphatic rings. The molecule has 4 nitrogen and oxygen atoms in total. The number of fused-ring (bicyclic) bond motifs is 1. The molecule has 0 aliphatic heterocycles.